The minimum absolute atomic E-state index is 0.0268. The average Bonchev–Trinajstić information content (AvgIpc) is 2.61. The summed E-state index contributed by atoms with van der Waals surface area (Å²) in [5, 5.41) is 3.82. The maximum atomic E-state index is 12.8. The van der Waals surface area contributed by atoms with Crippen molar-refractivity contribution in [1.82, 2.24) is 4.98 Å². The molecule has 0 spiro atoms. The second-order valence-corrected chi connectivity index (χ2v) is 8.08. The lowest BCUT2D eigenvalue weighted by Crippen LogP contribution is -2.36. The topological polar surface area (TPSA) is 62.3 Å². The molecule has 0 saturated carbocycles. The summed E-state index contributed by atoms with van der Waals surface area (Å²) < 4.78 is 0. The van der Waals surface area contributed by atoms with Crippen molar-refractivity contribution >= 4 is 35.0 Å². The van der Waals surface area contributed by atoms with Gasteiger partial charge in [0, 0.05) is 36.5 Å². The minimum atomic E-state index is -0.138. The van der Waals surface area contributed by atoms with E-state index in [1.54, 1.807) is 16.7 Å². The van der Waals surface area contributed by atoms with Crippen molar-refractivity contribution in [2.45, 2.75) is 45.6 Å². The Kier molecular flexibility index (Phi) is 5.85. The first-order valence-electron chi connectivity index (χ1n) is 9.13. The molecule has 1 aromatic heterocycles. The molecule has 2 heterocycles. The van der Waals surface area contributed by atoms with E-state index in [0.717, 1.165) is 44.5 Å². The van der Waals surface area contributed by atoms with Gasteiger partial charge in [-0.05, 0) is 51.0 Å². The Morgan fingerprint density at radius 3 is 2.63 bits per heavy atom. The molecule has 3 rings (SSSR count). The molecule has 0 radical (unpaired) electrons. The molecule has 2 aromatic rings. The van der Waals surface area contributed by atoms with Crippen LogP contribution < -0.4 is 10.2 Å². The quantitative estimate of drug-likeness (QED) is 0.861. The fraction of sp³-hybridized carbons (Fsp3) is 0.381. The highest BCUT2D eigenvalue weighted by Crippen LogP contribution is 2.36. The van der Waals surface area contributed by atoms with E-state index in [2.05, 4.69) is 10.3 Å². The molecule has 1 N–H and O–H groups in total. The highest BCUT2D eigenvalue weighted by molar-refractivity contribution is 7.99. The standard InChI is InChI=1S/C21H25N3O2S/c1-13-5-6-17(14(2)11-13)23-18(25)7-8-19(26)24-9-10-27-21-20(24)15(3)12-16(4)22-21/h5-6,11-12H,7-10H2,1-4H3,(H,23,25). The third-order valence-corrected chi connectivity index (χ3v) is 5.57. The van der Waals surface area contributed by atoms with Crippen molar-refractivity contribution in [1.29, 1.82) is 0 Å². The molecule has 27 heavy (non-hydrogen) atoms. The van der Waals surface area contributed by atoms with Crippen LogP contribution in [0.2, 0.25) is 0 Å². The third kappa shape index (κ3) is 4.50. The Balaban J connectivity index is 1.64. The summed E-state index contributed by atoms with van der Waals surface area (Å²) in [5.74, 6) is 0.658. The fourth-order valence-corrected chi connectivity index (χ4v) is 4.43. The number of benzene rings is 1. The Labute approximate surface area is 164 Å². The number of carbonyl (C=O) groups excluding carboxylic acids is 2. The van der Waals surface area contributed by atoms with Gasteiger partial charge in [-0.25, -0.2) is 4.98 Å². The number of amides is 2. The number of aromatic nitrogens is 1. The summed E-state index contributed by atoms with van der Waals surface area (Å²) in [6.07, 6.45) is 0.359. The molecule has 0 bridgehead atoms. The van der Waals surface area contributed by atoms with Gasteiger partial charge in [-0.3, -0.25) is 9.59 Å². The summed E-state index contributed by atoms with van der Waals surface area (Å²) in [6.45, 7) is 8.61. The van der Waals surface area contributed by atoms with Crippen LogP contribution in [0.25, 0.3) is 0 Å². The number of nitrogens with one attached hydrogen (secondary N) is 1. The van der Waals surface area contributed by atoms with E-state index < -0.39 is 0 Å². The second-order valence-electron chi connectivity index (χ2n) is 6.99. The van der Waals surface area contributed by atoms with Crippen LogP contribution in [0.15, 0.2) is 29.3 Å². The first-order valence-corrected chi connectivity index (χ1v) is 10.1. The monoisotopic (exact) mass is 383 g/mol. The lowest BCUT2D eigenvalue weighted by Gasteiger charge is -2.30. The molecule has 0 aliphatic carbocycles. The molecule has 1 aromatic carbocycles. The van der Waals surface area contributed by atoms with E-state index in [1.165, 1.54) is 0 Å². The molecule has 6 heteroatoms. The molecule has 1 aliphatic heterocycles. The van der Waals surface area contributed by atoms with E-state index in [0.29, 0.717) is 6.54 Å². The lowest BCUT2D eigenvalue weighted by atomic mass is 10.1. The maximum absolute atomic E-state index is 12.8. The van der Waals surface area contributed by atoms with Gasteiger partial charge in [-0.15, -0.1) is 11.8 Å². The van der Waals surface area contributed by atoms with Gasteiger partial charge in [-0.2, -0.15) is 0 Å². The Bertz CT molecular complexity index is 895. The normalized spacial score (nSPS) is 13.3. The summed E-state index contributed by atoms with van der Waals surface area (Å²) >= 11 is 1.68. The number of fused-ring (bicyclic) bond motifs is 1. The molecule has 0 atom stereocenters. The molecular formula is C21H25N3O2S. The molecule has 5 nitrogen and oxygen atoms in total. The van der Waals surface area contributed by atoms with E-state index in [9.17, 15) is 9.59 Å². The van der Waals surface area contributed by atoms with Gasteiger partial charge in [0.05, 0.1) is 5.69 Å². The Morgan fingerprint density at radius 2 is 1.89 bits per heavy atom. The molecule has 0 unspecified atom stereocenters. The first kappa shape index (κ1) is 19.4. The zero-order chi connectivity index (χ0) is 19.6. The number of hydrogen-bond acceptors (Lipinski definition) is 4. The van der Waals surface area contributed by atoms with Gasteiger partial charge in [0.2, 0.25) is 11.8 Å². The van der Waals surface area contributed by atoms with Gasteiger partial charge < -0.3 is 10.2 Å². The maximum Gasteiger partial charge on any atom is 0.227 e. The number of nitrogens with zero attached hydrogens (tertiary/aromatic N) is 2. The van der Waals surface area contributed by atoms with Crippen LogP contribution in [0.4, 0.5) is 11.4 Å². The van der Waals surface area contributed by atoms with Crippen LogP contribution in [0, 0.1) is 27.7 Å². The number of aryl methyl sites for hydroxylation is 4. The van der Waals surface area contributed by atoms with Crippen LogP contribution in [0.1, 0.15) is 35.2 Å². The molecule has 142 valence electrons. The van der Waals surface area contributed by atoms with Crippen LogP contribution in [0.5, 0.6) is 0 Å². The average molecular weight is 384 g/mol. The number of hydrogen-bond donors (Lipinski definition) is 1. The van der Waals surface area contributed by atoms with Gasteiger partial charge in [0.25, 0.3) is 0 Å². The van der Waals surface area contributed by atoms with Crippen molar-refractivity contribution in [2.24, 2.45) is 0 Å². The Morgan fingerprint density at radius 1 is 1.11 bits per heavy atom. The number of rotatable bonds is 4. The largest absolute Gasteiger partial charge is 0.326 e. The molecule has 1 aliphatic rings. The smallest absolute Gasteiger partial charge is 0.227 e. The second kappa shape index (κ2) is 8.13. The SMILES string of the molecule is Cc1ccc(NC(=O)CCC(=O)N2CCSc3nc(C)cc(C)c32)c(C)c1. The summed E-state index contributed by atoms with van der Waals surface area (Å²) in [5.41, 5.74) is 5.89. The van der Waals surface area contributed by atoms with Crippen LogP contribution in [0.3, 0.4) is 0 Å². The fourth-order valence-electron chi connectivity index (χ4n) is 3.34. The highest BCUT2D eigenvalue weighted by atomic mass is 32.2. The van der Waals surface area contributed by atoms with Crippen molar-refractivity contribution < 1.29 is 9.59 Å². The van der Waals surface area contributed by atoms with E-state index in [1.807, 2.05) is 52.0 Å². The van der Waals surface area contributed by atoms with Gasteiger partial charge in [-0.1, -0.05) is 17.7 Å². The predicted molar refractivity (Wildman–Crippen MR) is 111 cm³/mol. The van der Waals surface area contributed by atoms with Crippen molar-refractivity contribution in [3.8, 4) is 0 Å². The minimum Gasteiger partial charge on any atom is -0.326 e. The van der Waals surface area contributed by atoms with Gasteiger partial charge in [0.15, 0.2) is 0 Å². The van der Waals surface area contributed by atoms with E-state index in [-0.39, 0.29) is 24.7 Å². The number of thioether (sulfide) groups is 1. The lowest BCUT2D eigenvalue weighted by molar-refractivity contribution is -0.122. The number of anilines is 2. The molecular weight excluding hydrogens is 358 g/mol. The van der Waals surface area contributed by atoms with Crippen LogP contribution in [-0.2, 0) is 9.59 Å². The zero-order valence-electron chi connectivity index (χ0n) is 16.3. The Hall–Kier alpha value is -2.34. The summed E-state index contributed by atoms with van der Waals surface area (Å²) in [7, 11) is 0. The van der Waals surface area contributed by atoms with Crippen LogP contribution >= 0.6 is 11.8 Å². The number of carbonyl (C=O) groups is 2. The third-order valence-electron chi connectivity index (χ3n) is 4.63. The molecule has 0 saturated heterocycles. The predicted octanol–water partition coefficient (Wildman–Crippen LogP) is 4.17. The molecule has 2 amide bonds. The first-order chi connectivity index (χ1) is 12.8. The van der Waals surface area contributed by atoms with E-state index >= 15 is 0 Å². The van der Waals surface area contributed by atoms with Gasteiger partial charge in [0.1, 0.15) is 5.03 Å². The molecule has 0 fully saturated rings. The summed E-state index contributed by atoms with van der Waals surface area (Å²) in [6, 6.07) is 7.90. The van der Waals surface area contributed by atoms with Crippen molar-refractivity contribution in [3.05, 3.63) is 46.6 Å². The summed E-state index contributed by atoms with van der Waals surface area (Å²) in [4.78, 5) is 31.4. The van der Waals surface area contributed by atoms with Crippen molar-refractivity contribution in [2.75, 3.05) is 22.5 Å². The van der Waals surface area contributed by atoms with Crippen molar-refractivity contribution in [3.63, 3.8) is 0 Å². The zero-order valence-corrected chi connectivity index (χ0v) is 17.1. The van der Waals surface area contributed by atoms with Gasteiger partial charge >= 0.3 is 0 Å². The number of pyridine rings is 1. The highest BCUT2D eigenvalue weighted by Gasteiger charge is 2.26. The van der Waals surface area contributed by atoms with E-state index in [4.69, 9.17) is 0 Å². The van der Waals surface area contributed by atoms with Crippen LogP contribution in [-0.4, -0.2) is 29.1 Å².